The van der Waals surface area contributed by atoms with Gasteiger partial charge in [0.25, 0.3) is 0 Å². The lowest BCUT2D eigenvalue weighted by molar-refractivity contribution is -0.0109. The van der Waals surface area contributed by atoms with Crippen LogP contribution in [0.2, 0.25) is 0 Å². The van der Waals surface area contributed by atoms with Crippen LogP contribution >= 0.6 is 15.9 Å². The molecule has 2 amide bonds. The third-order valence-corrected chi connectivity index (χ3v) is 4.83. The van der Waals surface area contributed by atoms with Gasteiger partial charge >= 0.3 is 12.2 Å². The molecule has 0 saturated carbocycles. The van der Waals surface area contributed by atoms with Crippen molar-refractivity contribution >= 4 is 28.1 Å². The Labute approximate surface area is 163 Å². The molecule has 7 heteroatoms. The highest BCUT2D eigenvalue weighted by molar-refractivity contribution is 9.09. The molecule has 0 bridgehead atoms. The second-order valence-corrected chi connectivity index (χ2v) is 8.13. The molecule has 1 aliphatic heterocycles. The van der Waals surface area contributed by atoms with Gasteiger partial charge in [-0.05, 0) is 33.3 Å². The highest BCUT2D eigenvalue weighted by Gasteiger charge is 2.38. The number of carbonyl (C=O) groups is 2. The van der Waals surface area contributed by atoms with Gasteiger partial charge in [-0.3, -0.25) is 0 Å². The van der Waals surface area contributed by atoms with E-state index in [1.165, 1.54) is 0 Å². The van der Waals surface area contributed by atoms with Crippen LogP contribution in [0.4, 0.5) is 9.59 Å². The average Bonchev–Trinajstić information content (AvgIpc) is 2.58. The molecule has 1 fully saturated rings. The fourth-order valence-electron chi connectivity index (χ4n) is 2.77. The van der Waals surface area contributed by atoms with Gasteiger partial charge in [-0.2, -0.15) is 0 Å². The maximum atomic E-state index is 12.5. The summed E-state index contributed by atoms with van der Waals surface area (Å²) < 4.78 is 10.9. The molecule has 0 unspecified atom stereocenters. The first-order valence-corrected chi connectivity index (χ1v) is 9.86. The van der Waals surface area contributed by atoms with E-state index in [0.29, 0.717) is 18.4 Å². The molecule has 1 saturated heterocycles. The number of halogens is 1. The zero-order valence-corrected chi connectivity index (χ0v) is 17.4. The molecule has 0 aliphatic carbocycles. The molecule has 0 aromatic heterocycles. The third-order valence-electron chi connectivity index (χ3n) is 4.09. The van der Waals surface area contributed by atoms with Gasteiger partial charge in [0.15, 0.2) is 0 Å². The molecule has 2 atom stereocenters. The van der Waals surface area contributed by atoms with Crippen molar-refractivity contribution in [1.82, 2.24) is 9.80 Å². The summed E-state index contributed by atoms with van der Waals surface area (Å²) in [4.78, 5) is 28.3. The van der Waals surface area contributed by atoms with E-state index in [-0.39, 0.29) is 30.9 Å². The lowest BCUT2D eigenvalue weighted by Gasteiger charge is -2.44. The number of ether oxygens (including phenoxy) is 2. The molecule has 1 heterocycles. The normalized spacial score (nSPS) is 20.7. The van der Waals surface area contributed by atoms with E-state index in [4.69, 9.17) is 9.47 Å². The molecule has 1 aromatic rings. The van der Waals surface area contributed by atoms with E-state index in [0.717, 1.165) is 5.56 Å². The number of amides is 2. The number of hydrogen-bond acceptors (Lipinski definition) is 4. The molecular formula is C19H27BrN2O4. The van der Waals surface area contributed by atoms with E-state index in [2.05, 4.69) is 15.9 Å². The van der Waals surface area contributed by atoms with E-state index >= 15 is 0 Å². The van der Waals surface area contributed by atoms with Gasteiger partial charge in [-0.1, -0.05) is 46.3 Å². The highest BCUT2D eigenvalue weighted by Crippen LogP contribution is 2.21. The quantitative estimate of drug-likeness (QED) is 0.684. The monoisotopic (exact) mass is 426 g/mol. The smallest absolute Gasteiger partial charge is 0.410 e. The Morgan fingerprint density at radius 1 is 1.12 bits per heavy atom. The Kier molecular flexibility index (Phi) is 6.92. The van der Waals surface area contributed by atoms with Crippen LogP contribution in [0.3, 0.4) is 0 Å². The summed E-state index contributed by atoms with van der Waals surface area (Å²) in [6, 6.07) is 9.25. The summed E-state index contributed by atoms with van der Waals surface area (Å²) in [5.41, 5.74) is 0.392. The van der Waals surface area contributed by atoms with Gasteiger partial charge in [-0.25, -0.2) is 9.59 Å². The number of rotatable bonds is 3. The number of alkyl halides is 1. The van der Waals surface area contributed by atoms with Crippen LogP contribution in [-0.2, 0) is 16.1 Å². The van der Waals surface area contributed by atoms with Crippen molar-refractivity contribution in [3.05, 3.63) is 35.9 Å². The van der Waals surface area contributed by atoms with Gasteiger partial charge in [0, 0.05) is 18.4 Å². The molecular weight excluding hydrogens is 400 g/mol. The van der Waals surface area contributed by atoms with Crippen molar-refractivity contribution in [3.63, 3.8) is 0 Å². The molecule has 26 heavy (non-hydrogen) atoms. The van der Waals surface area contributed by atoms with Crippen LogP contribution < -0.4 is 0 Å². The summed E-state index contributed by atoms with van der Waals surface area (Å²) in [5, 5.41) is 0.555. The minimum Gasteiger partial charge on any atom is -0.445 e. The fourth-order valence-corrected chi connectivity index (χ4v) is 3.33. The number of piperazine rings is 1. The minimum absolute atomic E-state index is 0.149. The summed E-state index contributed by atoms with van der Waals surface area (Å²) in [6.45, 7) is 8.48. The average molecular weight is 427 g/mol. The van der Waals surface area contributed by atoms with Crippen molar-refractivity contribution in [2.24, 2.45) is 0 Å². The zero-order valence-electron chi connectivity index (χ0n) is 15.8. The Morgan fingerprint density at radius 3 is 2.35 bits per heavy atom. The van der Waals surface area contributed by atoms with Gasteiger partial charge in [0.05, 0.1) is 12.1 Å². The Bertz CT molecular complexity index is 618. The van der Waals surface area contributed by atoms with Crippen molar-refractivity contribution in [2.45, 2.75) is 52.0 Å². The standard InChI is InChI=1S/C19H27BrN2O4/c1-14-11-22(17(23)25-13-15-8-6-5-7-9-15)16(10-20)12-21(14)18(24)26-19(2,3)4/h5-9,14,16H,10-13H2,1-4H3/t14-,16+/m0/s1. The SMILES string of the molecule is C[C@H]1CN(C(=O)OCc2ccccc2)[C@H](CBr)CN1C(=O)OC(C)(C)C. The van der Waals surface area contributed by atoms with Gasteiger partial charge in [0.2, 0.25) is 0 Å². The zero-order chi connectivity index (χ0) is 19.3. The fraction of sp³-hybridized carbons (Fsp3) is 0.579. The van der Waals surface area contributed by atoms with Gasteiger partial charge in [0.1, 0.15) is 12.2 Å². The predicted molar refractivity (Wildman–Crippen MR) is 103 cm³/mol. The van der Waals surface area contributed by atoms with E-state index < -0.39 is 5.60 Å². The lowest BCUT2D eigenvalue weighted by atomic mass is 10.1. The Morgan fingerprint density at radius 2 is 1.77 bits per heavy atom. The summed E-state index contributed by atoms with van der Waals surface area (Å²) in [5.74, 6) is 0. The lowest BCUT2D eigenvalue weighted by Crippen LogP contribution is -2.61. The number of nitrogens with zero attached hydrogens (tertiary/aromatic N) is 2. The van der Waals surface area contributed by atoms with E-state index in [1.54, 1.807) is 9.80 Å². The number of benzene rings is 1. The molecule has 2 rings (SSSR count). The summed E-state index contributed by atoms with van der Waals surface area (Å²) in [6.07, 6.45) is -0.720. The van der Waals surface area contributed by atoms with Gasteiger partial charge < -0.3 is 19.3 Å². The predicted octanol–water partition coefficient (Wildman–Crippen LogP) is 4.03. The van der Waals surface area contributed by atoms with Crippen molar-refractivity contribution in [2.75, 3.05) is 18.4 Å². The largest absolute Gasteiger partial charge is 0.445 e. The van der Waals surface area contributed by atoms with Crippen LogP contribution in [0.5, 0.6) is 0 Å². The van der Waals surface area contributed by atoms with Crippen LogP contribution in [-0.4, -0.2) is 58.1 Å². The van der Waals surface area contributed by atoms with Crippen LogP contribution in [0.25, 0.3) is 0 Å². The topological polar surface area (TPSA) is 59.1 Å². The third kappa shape index (κ3) is 5.62. The molecule has 1 aromatic carbocycles. The van der Waals surface area contributed by atoms with Crippen LogP contribution in [0.1, 0.15) is 33.3 Å². The number of hydrogen-bond donors (Lipinski definition) is 0. The second-order valence-electron chi connectivity index (χ2n) is 7.48. The highest BCUT2D eigenvalue weighted by atomic mass is 79.9. The molecule has 6 nitrogen and oxygen atoms in total. The number of carbonyl (C=O) groups excluding carboxylic acids is 2. The molecule has 0 radical (unpaired) electrons. The first-order valence-electron chi connectivity index (χ1n) is 8.74. The first kappa shape index (κ1) is 20.6. The van der Waals surface area contributed by atoms with Crippen molar-refractivity contribution in [3.8, 4) is 0 Å². The minimum atomic E-state index is -0.549. The molecule has 1 aliphatic rings. The second kappa shape index (κ2) is 8.75. The van der Waals surface area contributed by atoms with Crippen LogP contribution in [0.15, 0.2) is 30.3 Å². The Balaban J connectivity index is 1.98. The first-order chi connectivity index (χ1) is 12.2. The van der Waals surface area contributed by atoms with E-state index in [1.807, 2.05) is 58.0 Å². The Hall–Kier alpha value is -1.76. The van der Waals surface area contributed by atoms with Crippen LogP contribution in [0, 0.1) is 0 Å². The van der Waals surface area contributed by atoms with Gasteiger partial charge in [-0.15, -0.1) is 0 Å². The summed E-state index contributed by atoms with van der Waals surface area (Å²) in [7, 11) is 0. The van der Waals surface area contributed by atoms with Crippen molar-refractivity contribution < 1.29 is 19.1 Å². The maximum Gasteiger partial charge on any atom is 0.410 e. The molecule has 0 N–H and O–H groups in total. The van der Waals surface area contributed by atoms with E-state index in [9.17, 15) is 9.59 Å². The summed E-state index contributed by atoms with van der Waals surface area (Å²) >= 11 is 3.45. The maximum absolute atomic E-state index is 12.5. The van der Waals surface area contributed by atoms with Crippen molar-refractivity contribution in [1.29, 1.82) is 0 Å². The molecule has 144 valence electrons. The molecule has 0 spiro atoms.